The van der Waals surface area contributed by atoms with Gasteiger partial charge in [0.2, 0.25) is 0 Å². The first kappa shape index (κ1) is 18.8. The Morgan fingerprint density at radius 1 is 1.00 bits per heavy atom. The highest BCUT2D eigenvalue weighted by Gasteiger charge is 2.05. The predicted molar refractivity (Wildman–Crippen MR) is 113 cm³/mol. The third-order valence-corrected chi connectivity index (χ3v) is 4.52. The van der Waals surface area contributed by atoms with E-state index in [2.05, 4.69) is 48.1 Å². The molecule has 27 heavy (non-hydrogen) atoms. The van der Waals surface area contributed by atoms with Crippen LogP contribution < -0.4 is 4.90 Å². The third kappa shape index (κ3) is 5.02. The Morgan fingerprint density at radius 3 is 2.48 bits per heavy atom. The number of hydrogen-bond acceptors (Lipinski definition) is 4. The van der Waals surface area contributed by atoms with Gasteiger partial charge in [-0.05, 0) is 50.0 Å². The number of hydrogen-bond donors (Lipinski definition) is 0. The highest BCUT2D eigenvalue weighted by Crippen LogP contribution is 2.16. The van der Waals surface area contributed by atoms with Crippen LogP contribution in [-0.4, -0.2) is 49.9 Å². The van der Waals surface area contributed by atoms with Crippen molar-refractivity contribution in [2.24, 2.45) is 0 Å². The van der Waals surface area contributed by atoms with Crippen LogP contribution in [0, 0.1) is 0 Å². The summed E-state index contributed by atoms with van der Waals surface area (Å²) >= 11 is 0. The molecular weight excluding hydrogens is 334 g/mol. The van der Waals surface area contributed by atoms with E-state index in [1.807, 2.05) is 48.5 Å². The Bertz CT molecular complexity index is 945. The number of nitrogens with zero attached hydrogens (tertiary/aromatic N) is 3. The summed E-state index contributed by atoms with van der Waals surface area (Å²) in [6.45, 7) is 1.97. The van der Waals surface area contributed by atoms with E-state index in [9.17, 15) is 4.79 Å². The van der Waals surface area contributed by atoms with Crippen molar-refractivity contribution >= 4 is 28.4 Å². The van der Waals surface area contributed by atoms with Crippen molar-refractivity contribution in [1.82, 2.24) is 9.88 Å². The standard InChI is InChI=1S/C23H25N3O/c1-25(2)14-15-26(3)21-11-8-18(9-12-21)10-13-23(27)20-16-19-6-4-5-7-22(19)24-17-20/h4-13,16-17H,14-15H2,1-3H3/b13-10+. The third-order valence-electron chi connectivity index (χ3n) is 4.52. The summed E-state index contributed by atoms with van der Waals surface area (Å²) in [7, 11) is 6.23. The molecule has 0 aliphatic carbocycles. The van der Waals surface area contributed by atoms with Gasteiger partial charge in [-0.15, -0.1) is 0 Å². The number of para-hydroxylation sites is 1. The summed E-state index contributed by atoms with van der Waals surface area (Å²) in [6, 6.07) is 17.9. The van der Waals surface area contributed by atoms with E-state index in [4.69, 9.17) is 0 Å². The number of anilines is 1. The van der Waals surface area contributed by atoms with Gasteiger partial charge in [-0.2, -0.15) is 0 Å². The second-order valence-electron chi connectivity index (χ2n) is 6.93. The van der Waals surface area contributed by atoms with E-state index < -0.39 is 0 Å². The first-order valence-electron chi connectivity index (χ1n) is 9.06. The number of carbonyl (C=O) groups excluding carboxylic acids is 1. The Morgan fingerprint density at radius 2 is 1.74 bits per heavy atom. The molecule has 0 spiro atoms. The molecule has 0 radical (unpaired) electrons. The van der Waals surface area contributed by atoms with Gasteiger partial charge in [0.15, 0.2) is 5.78 Å². The van der Waals surface area contributed by atoms with Crippen molar-refractivity contribution in [3.8, 4) is 0 Å². The van der Waals surface area contributed by atoms with Gasteiger partial charge in [0.25, 0.3) is 0 Å². The maximum absolute atomic E-state index is 12.4. The predicted octanol–water partition coefficient (Wildman–Crippen LogP) is 4.13. The summed E-state index contributed by atoms with van der Waals surface area (Å²) in [6.07, 6.45) is 5.09. The minimum absolute atomic E-state index is 0.0413. The minimum atomic E-state index is -0.0413. The van der Waals surface area contributed by atoms with Gasteiger partial charge in [0, 0.05) is 43.0 Å². The van der Waals surface area contributed by atoms with Crippen LogP contribution in [0.1, 0.15) is 15.9 Å². The molecule has 138 valence electrons. The van der Waals surface area contributed by atoms with Gasteiger partial charge in [-0.1, -0.05) is 36.4 Å². The second kappa shape index (κ2) is 8.60. The van der Waals surface area contributed by atoms with Gasteiger partial charge in [0.1, 0.15) is 0 Å². The molecule has 0 fully saturated rings. The van der Waals surface area contributed by atoms with Crippen molar-refractivity contribution in [2.75, 3.05) is 39.1 Å². The van der Waals surface area contributed by atoms with Gasteiger partial charge in [-0.25, -0.2) is 0 Å². The van der Waals surface area contributed by atoms with Gasteiger partial charge in [-0.3, -0.25) is 9.78 Å². The number of fused-ring (bicyclic) bond motifs is 1. The molecule has 4 heteroatoms. The number of rotatable bonds is 7. The number of carbonyl (C=O) groups is 1. The fraction of sp³-hybridized carbons (Fsp3) is 0.217. The molecule has 2 aromatic carbocycles. The number of ketones is 1. The lowest BCUT2D eigenvalue weighted by Gasteiger charge is -2.21. The first-order valence-corrected chi connectivity index (χ1v) is 9.06. The molecule has 4 nitrogen and oxygen atoms in total. The summed E-state index contributed by atoms with van der Waals surface area (Å²) in [5.74, 6) is -0.0413. The normalized spacial score (nSPS) is 11.4. The van der Waals surface area contributed by atoms with E-state index >= 15 is 0 Å². The monoisotopic (exact) mass is 359 g/mol. The summed E-state index contributed by atoms with van der Waals surface area (Å²) in [5.41, 5.74) is 3.66. The lowest BCUT2D eigenvalue weighted by Crippen LogP contribution is -2.28. The molecule has 3 rings (SSSR count). The Kier molecular flexibility index (Phi) is 5.99. The fourth-order valence-electron chi connectivity index (χ4n) is 2.79. The van der Waals surface area contributed by atoms with Gasteiger partial charge < -0.3 is 9.80 Å². The van der Waals surface area contributed by atoms with Crippen molar-refractivity contribution in [2.45, 2.75) is 0 Å². The van der Waals surface area contributed by atoms with E-state index in [0.29, 0.717) is 5.56 Å². The van der Waals surface area contributed by atoms with Crippen LogP contribution in [0.15, 0.2) is 66.9 Å². The van der Waals surface area contributed by atoms with Crippen LogP contribution in [0.5, 0.6) is 0 Å². The summed E-state index contributed by atoms with van der Waals surface area (Å²) in [5, 5.41) is 0.974. The number of likely N-dealkylation sites (N-methyl/N-ethyl adjacent to an activating group) is 2. The minimum Gasteiger partial charge on any atom is -0.373 e. The highest BCUT2D eigenvalue weighted by atomic mass is 16.1. The molecule has 0 bridgehead atoms. The smallest absolute Gasteiger partial charge is 0.187 e. The lowest BCUT2D eigenvalue weighted by molar-refractivity contribution is 0.104. The molecule has 1 aromatic heterocycles. The van der Waals surface area contributed by atoms with Crippen LogP contribution >= 0.6 is 0 Å². The Balaban J connectivity index is 1.66. The highest BCUT2D eigenvalue weighted by molar-refractivity contribution is 6.08. The van der Waals surface area contributed by atoms with Gasteiger partial charge >= 0.3 is 0 Å². The molecule has 0 unspecified atom stereocenters. The van der Waals surface area contributed by atoms with Gasteiger partial charge in [0.05, 0.1) is 5.52 Å². The zero-order valence-corrected chi connectivity index (χ0v) is 16.1. The number of pyridine rings is 1. The fourth-order valence-corrected chi connectivity index (χ4v) is 2.79. The largest absolute Gasteiger partial charge is 0.373 e. The Labute approximate surface area is 160 Å². The zero-order valence-electron chi connectivity index (χ0n) is 16.1. The zero-order chi connectivity index (χ0) is 19.2. The second-order valence-corrected chi connectivity index (χ2v) is 6.93. The molecule has 0 atom stereocenters. The molecular formula is C23H25N3O. The van der Waals surface area contributed by atoms with Crippen LogP contribution in [-0.2, 0) is 0 Å². The SMILES string of the molecule is CN(C)CCN(C)c1ccc(/C=C/C(=O)c2cnc3ccccc3c2)cc1. The lowest BCUT2D eigenvalue weighted by atomic mass is 10.1. The molecule has 0 saturated carbocycles. The molecule has 0 amide bonds. The van der Waals surface area contributed by atoms with Crippen molar-refractivity contribution in [3.05, 3.63) is 78.0 Å². The number of allylic oxidation sites excluding steroid dienone is 1. The average Bonchev–Trinajstić information content (AvgIpc) is 2.70. The summed E-state index contributed by atoms with van der Waals surface area (Å²) in [4.78, 5) is 21.2. The molecule has 0 saturated heterocycles. The van der Waals surface area contributed by atoms with Crippen LogP contribution in [0.4, 0.5) is 5.69 Å². The van der Waals surface area contributed by atoms with E-state index in [0.717, 1.165) is 29.6 Å². The topological polar surface area (TPSA) is 36.4 Å². The maximum Gasteiger partial charge on any atom is 0.187 e. The van der Waals surface area contributed by atoms with Crippen molar-refractivity contribution < 1.29 is 4.79 Å². The number of benzene rings is 2. The van der Waals surface area contributed by atoms with Crippen LogP contribution in [0.25, 0.3) is 17.0 Å². The van der Waals surface area contributed by atoms with E-state index in [1.54, 1.807) is 12.3 Å². The van der Waals surface area contributed by atoms with Crippen LogP contribution in [0.3, 0.4) is 0 Å². The molecule has 1 heterocycles. The van der Waals surface area contributed by atoms with Crippen molar-refractivity contribution in [3.63, 3.8) is 0 Å². The quantitative estimate of drug-likeness (QED) is 0.469. The van der Waals surface area contributed by atoms with E-state index in [1.165, 1.54) is 5.69 Å². The van der Waals surface area contributed by atoms with Crippen molar-refractivity contribution in [1.29, 1.82) is 0 Å². The van der Waals surface area contributed by atoms with Crippen LogP contribution in [0.2, 0.25) is 0 Å². The Hall–Kier alpha value is -2.98. The molecule has 3 aromatic rings. The summed E-state index contributed by atoms with van der Waals surface area (Å²) < 4.78 is 0. The van der Waals surface area contributed by atoms with E-state index in [-0.39, 0.29) is 5.78 Å². The molecule has 0 N–H and O–H groups in total. The average molecular weight is 359 g/mol. The number of aromatic nitrogens is 1. The molecule has 0 aliphatic heterocycles. The molecule has 0 aliphatic rings. The maximum atomic E-state index is 12.4. The first-order chi connectivity index (χ1) is 13.0.